The maximum absolute atomic E-state index is 12.0. The van der Waals surface area contributed by atoms with E-state index in [4.69, 9.17) is 0 Å². The molecule has 9 heteroatoms. The fourth-order valence-electron chi connectivity index (χ4n) is 2.27. The van der Waals surface area contributed by atoms with Gasteiger partial charge in [-0.25, -0.2) is 10.4 Å². The summed E-state index contributed by atoms with van der Waals surface area (Å²) >= 11 is 5.57. The molecule has 0 spiro atoms. The van der Waals surface area contributed by atoms with E-state index < -0.39 is 0 Å². The molecule has 0 saturated heterocycles. The molecule has 6 nitrogen and oxygen atoms in total. The molecule has 0 fully saturated rings. The van der Waals surface area contributed by atoms with Gasteiger partial charge in [0.15, 0.2) is 5.16 Å². The zero-order chi connectivity index (χ0) is 18.7. The number of phenols is 1. The number of aromatic nitrogens is 2. The molecule has 1 amide bonds. The fourth-order valence-corrected chi connectivity index (χ4v) is 4.94. The Balaban J connectivity index is 1.60. The van der Waals surface area contributed by atoms with E-state index in [1.165, 1.54) is 18.0 Å². The number of imidazole rings is 1. The quantitative estimate of drug-likeness (QED) is 0.205. The van der Waals surface area contributed by atoms with Gasteiger partial charge in [-0.2, -0.15) is 5.10 Å². The second-order valence-corrected chi connectivity index (χ2v) is 8.70. The number of para-hydroxylation sites is 2. The lowest BCUT2D eigenvalue weighted by atomic mass is 10.2. The molecule has 3 aromatic rings. The van der Waals surface area contributed by atoms with Crippen LogP contribution in [0.4, 0.5) is 0 Å². The van der Waals surface area contributed by atoms with E-state index in [9.17, 15) is 9.90 Å². The molecule has 0 unspecified atom stereocenters. The van der Waals surface area contributed by atoms with Crippen LogP contribution in [0.25, 0.3) is 11.0 Å². The van der Waals surface area contributed by atoms with E-state index in [2.05, 4.69) is 60.7 Å². The monoisotopic (exact) mass is 592 g/mol. The molecule has 0 atom stereocenters. The molecule has 0 radical (unpaired) electrons. The van der Waals surface area contributed by atoms with Crippen molar-refractivity contribution >= 4 is 80.1 Å². The minimum Gasteiger partial charge on any atom is -0.506 e. The number of nitrogens with zero attached hydrogens (tertiary/aromatic N) is 3. The highest BCUT2D eigenvalue weighted by atomic mass is 127. The van der Waals surface area contributed by atoms with Gasteiger partial charge in [-0.1, -0.05) is 23.9 Å². The van der Waals surface area contributed by atoms with E-state index in [0.717, 1.165) is 23.3 Å². The first-order valence-electron chi connectivity index (χ1n) is 7.50. The van der Waals surface area contributed by atoms with E-state index in [1.807, 2.05) is 41.9 Å². The molecule has 0 bridgehead atoms. The van der Waals surface area contributed by atoms with E-state index in [-0.39, 0.29) is 17.4 Å². The molecular formula is C17H14I2N4O2S. The van der Waals surface area contributed by atoms with Gasteiger partial charge in [-0.15, -0.1) is 0 Å². The van der Waals surface area contributed by atoms with Crippen molar-refractivity contribution in [2.24, 2.45) is 12.1 Å². The molecule has 26 heavy (non-hydrogen) atoms. The van der Waals surface area contributed by atoms with Gasteiger partial charge in [0.1, 0.15) is 5.75 Å². The number of carbonyl (C=O) groups excluding carboxylic acids is 1. The minimum atomic E-state index is -0.238. The number of aromatic hydroxyl groups is 1. The number of aryl methyl sites for hydroxylation is 1. The molecule has 2 aromatic carbocycles. The van der Waals surface area contributed by atoms with Crippen molar-refractivity contribution in [2.45, 2.75) is 5.16 Å². The number of thioether (sulfide) groups is 1. The maximum Gasteiger partial charge on any atom is 0.250 e. The maximum atomic E-state index is 12.0. The standard InChI is InChI=1S/C17H14I2N4O2S/c1-23-14-5-3-2-4-13(14)21-17(23)26-9-15(24)22-20-8-10-6-11(18)7-12(19)16(10)25/h2-8,25H,9H2,1H3,(H,22,24)/b20-8-. The molecular weight excluding hydrogens is 578 g/mol. The van der Waals surface area contributed by atoms with Crippen LogP contribution in [0.5, 0.6) is 5.75 Å². The number of amides is 1. The third-order valence-electron chi connectivity index (χ3n) is 3.53. The predicted molar refractivity (Wildman–Crippen MR) is 121 cm³/mol. The smallest absolute Gasteiger partial charge is 0.250 e. The summed E-state index contributed by atoms with van der Waals surface area (Å²) in [6.07, 6.45) is 1.44. The van der Waals surface area contributed by atoms with Crippen molar-refractivity contribution < 1.29 is 9.90 Å². The molecule has 0 saturated carbocycles. The molecule has 1 heterocycles. The van der Waals surface area contributed by atoms with Crippen LogP contribution in [0.1, 0.15) is 5.56 Å². The zero-order valence-corrected chi connectivity index (χ0v) is 18.7. The topological polar surface area (TPSA) is 79.5 Å². The number of phenolic OH excluding ortho intramolecular Hbond substituents is 1. The number of rotatable bonds is 5. The number of hydrazone groups is 1. The summed E-state index contributed by atoms with van der Waals surface area (Å²) in [5.41, 5.74) is 4.96. The van der Waals surface area contributed by atoms with Crippen molar-refractivity contribution in [3.63, 3.8) is 0 Å². The normalized spacial score (nSPS) is 11.3. The van der Waals surface area contributed by atoms with Crippen molar-refractivity contribution in [2.75, 3.05) is 5.75 Å². The van der Waals surface area contributed by atoms with E-state index in [1.54, 1.807) is 6.07 Å². The number of carbonyl (C=O) groups is 1. The van der Waals surface area contributed by atoms with E-state index in [0.29, 0.717) is 5.56 Å². The van der Waals surface area contributed by atoms with Crippen LogP contribution in [-0.4, -0.2) is 32.5 Å². The van der Waals surface area contributed by atoms with Gasteiger partial charge < -0.3 is 9.67 Å². The van der Waals surface area contributed by atoms with Gasteiger partial charge in [0.2, 0.25) is 0 Å². The summed E-state index contributed by atoms with van der Waals surface area (Å²) in [6.45, 7) is 0. The molecule has 0 aliphatic heterocycles. The largest absolute Gasteiger partial charge is 0.506 e. The Morgan fingerprint density at radius 2 is 2.15 bits per heavy atom. The van der Waals surface area contributed by atoms with Gasteiger partial charge in [0.05, 0.1) is 26.6 Å². The summed E-state index contributed by atoms with van der Waals surface area (Å²) < 4.78 is 3.68. The highest BCUT2D eigenvalue weighted by Crippen LogP contribution is 2.25. The van der Waals surface area contributed by atoms with Crippen LogP contribution < -0.4 is 5.43 Å². The average Bonchev–Trinajstić information content (AvgIpc) is 2.93. The van der Waals surface area contributed by atoms with E-state index >= 15 is 0 Å². The highest BCUT2D eigenvalue weighted by Gasteiger charge is 2.10. The Morgan fingerprint density at radius 3 is 2.92 bits per heavy atom. The first kappa shape index (κ1) is 19.4. The first-order chi connectivity index (χ1) is 12.5. The Kier molecular flexibility index (Phi) is 6.40. The SMILES string of the molecule is Cn1c(SCC(=O)N/N=C\c2cc(I)cc(I)c2O)nc2ccccc21. The summed E-state index contributed by atoms with van der Waals surface area (Å²) in [6, 6.07) is 11.5. The molecule has 3 rings (SSSR count). The van der Waals surface area contributed by atoms with Crippen LogP contribution in [0.15, 0.2) is 46.7 Å². The fraction of sp³-hybridized carbons (Fsp3) is 0.118. The number of hydrogen-bond donors (Lipinski definition) is 2. The minimum absolute atomic E-state index is 0.151. The zero-order valence-electron chi connectivity index (χ0n) is 13.6. The summed E-state index contributed by atoms with van der Waals surface area (Å²) in [5, 5.41) is 14.7. The summed E-state index contributed by atoms with van der Waals surface area (Å²) in [7, 11) is 1.93. The van der Waals surface area contributed by atoms with Crippen molar-refractivity contribution in [3.05, 3.63) is 49.1 Å². The van der Waals surface area contributed by atoms with Crippen LogP contribution in [-0.2, 0) is 11.8 Å². The van der Waals surface area contributed by atoms with Gasteiger partial charge in [-0.05, 0) is 69.4 Å². The number of hydrogen-bond acceptors (Lipinski definition) is 5. The third-order valence-corrected chi connectivity index (χ3v) is 6.00. The molecule has 134 valence electrons. The number of fused-ring (bicyclic) bond motifs is 1. The highest BCUT2D eigenvalue weighted by molar-refractivity contribution is 14.1. The van der Waals surface area contributed by atoms with Gasteiger partial charge in [0.25, 0.3) is 5.91 Å². The molecule has 0 aliphatic carbocycles. The van der Waals surface area contributed by atoms with Gasteiger partial charge >= 0.3 is 0 Å². The lowest BCUT2D eigenvalue weighted by molar-refractivity contribution is -0.118. The molecule has 0 aliphatic rings. The average molecular weight is 592 g/mol. The first-order valence-corrected chi connectivity index (χ1v) is 10.6. The predicted octanol–water partition coefficient (Wildman–Crippen LogP) is 3.73. The van der Waals surface area contributed by atoms with Crippen LogP contribution in [0.3, 0.4) is 0 Å². The van der Waals surface area contributed by atoms with Gasteiger partial charge in [0, 0.05) is 16.2 Å². The summed E-state index contributed by atoms with van der Waals surface area (Å²) in [5.74, 6) is 0.112. The second kappa shape index (κ2) is 8.57. The Bertz CT molecular complexity index is 1000. The second-order valence-electron chi connectivity index (χ2n) is 5.35. The Hall–Kier alpha value is -1.34. The summed E-state index contributed by atoms with van der Waals surface area (Å²) in [4.78, 5) is 16.5. The lowest BCUT2D eigenvalue weighted by Crippen LogP contribution is -2.19. The Morgan fingerprint density at radius 1 is 1.38 bits per heavy atom. The molecule has 2 N–H and O–H groups in total. The number of benzene rings is 2. The number of nitrogens with one attached hydrogen (secondary N) is 1. The van der Waals surface area contributed by atoms with Crippen LogP contribution in [0, 0.1) is 7.14 Å². The van der Waals surface area contributed by atoms with Crippen molar-refractivity contribution in [3.8, 4) is 5.75 Å². The third kappa shape index (κ3) is 4.49. The Labute approximate surface area is 181 Å². The van der Waals surface area contributed by atoms with Crippen molar-refractivity contribution in [1.82, 2.24) is 15.0 Å². The van der Waals surface area contributed by atoms with Crippen LogP contribution >= 0.6 is 56.9 Å². The van der Waals surface area contributed by atoms with Crippen molar-refractivity contribution in [1.29, 1.82) is 0 Å². The number of halogens is 2. The van der Waals surface area contributed by atoms with Gasteiger partial charge in [-0.3, -0.25) is 4.79 Å². The molecule has 1 aromatic heterocycles. The van der Waals surface area contributed by atoms with Crippen LogP contribution in [0.2, 0.25) is 0 Å². The lowest BCUT2D eigenvalue weighted by Gasteiger charge is -2.03.